The van der Waals surface area contributed by atoms with Gasteiger partial charge in [0.05, 0.1) is 17.9 Å². The van der Waals surface area contributed by atoms with E-state index in [1.54, 1.807) is 12.3 Å². The van der Waals surface area contributed by atoms with Crippen LogP contribution in [0.15, 0.2) is 82.5 Å². The van der Waals surface area contributed by atoms with Gasteiger partial charge in [-0.2, -0.15) is 5.10 Å². The van der Waals surface area contributed by atoms with E-state index in [1.165, 1.54) is 0 Å². The summed E-state index contributed by atoms with van der Waals surface area (Å²) >= 11 is 3.62. The molecular weight excluding hydrogens is 404 g/mol. The fourth-order valence-electron chi connectivity index (χ4n) is 3.03. The standard InChI is InChI=1S/C21H17BrN4O/c22-18-8-1-2-10-21(18)26-15-25(17-7-5-6-16(12-17)14-27)13-20(24-26)19-9-3-4-11-23-19/h1-12,14H,13,15H2. The predicted octanol–water partition coefficient (Wildman–Crippen LogP) is 4.35. The van der Waals surface area contributed by atoms with Gasteiger partial charge in [0.15, 0.2) is 0 Å². The molecule has 0 saturated heterocycles. The lowest BCUT2D eigenvalue weighted by molar-refractivity contribution is 0.112. The van der Waals surface area contributed by atoms with Gasteiger partial charge in [0, 0.05) is 21.9 Å². The number of hydrogen-bond acceptors (Lipinski definition) is 5. The van der Waals surface area contributed by atoms with E-state index in [0.29, 0.717) is 18.8 Å². The molecule has 2 aromatic carbocycles. The van der Waals surface area contributed by atoms with Crippen molar-refractivity contribution in [2.45, 2.75) is 0 Å². The maximum atomic E-state index is 11.2. The van der Waals surface area contributed by atoms with E-state index in [2.05, 4.69) is 25.8 Å². The van der Waals surface area contributed by atoms with Gasteiger partial charge in [-0.15, -0.1) is 0 Å². The van der Waals surface area contributed by atoms with Crippen molar-refractivity contribution in [2.24, 2.45) is 5.10 Å². The molecule has 0 fully saturated rings. The lowest BCUT2D eigenvalue weighted by Gasteiger charge is -2.36. The Labute approximate surface area is 166 Å². The van der Waals surface area contributed by atoms with Crippen LogP contribution < -0.4 is 9.91 Å². The highest BCUT2D eigenvalue weighted by atomic mass is 79.9. The number of pyridine rings is 1. The molecule has 1 aliphatic heterocycles. The molecule has 5 nitrogen and oxygen atoms in total. The number of benzene rings is 2. The molecule has 1 aromatic heterocycles. The van der Waals surface area contributed by atoms with Crippen molar-refractivity contribution in [1.82, 2.24) is 4.98 Å². The molecule has 0 aliphatic carbocycles. The van der Waals surface area contributed by atoms with Gasteiger partial charge >= 0.3 is 0 Å². The van der Waals surface area contributed by atoms with Crippen LogP contribution in [0.1, 0.15) is 16.1 Å². The lowest BCUT2D eigenvalue weighted by atomic mass is 10.1. The monoisotopic (exact) mass is 420 g/mol. The molecule has 0 spiro atoms. The van der Waals surface area contributed by atoms with Crippen LogP contribution in [0.25, 0.3) is 0 Å². The maximum absolute atomic E-state index is 11.2. The second-order valence-corrected chi connectivity index (χ2v) is 7.02. The van der Waals surface area contributed by atoms with Gasteiger partial charge in [0.25, 0.3) is 0 Å². The highest BCUT2D eigenvalue weighted by molar-refractivity contribution is 9.10. The molecule has 0 radical (unpaired) electrons. The number of hydrogen-bond donors (Lipinski definition) is 0. The van der Waals surface area contributed by atoms with Gasteiger partial charge in [0.2, 0.25) is 0 Å². The Bertz CT molecular complexity index is 990. The third-order valence-corrected chi connectivity index (χ3v) is 5.02. The Balaban J connectivity index is 1.76. The van der Waals surface area contributed by atoms with Crippen LogP contribution in [0.4, 0.5) is 11.4 Å². The Hall–Kier alpha value is -2.99. The van der Waals surface area contributed by atoms with E-state index in [1.807, 2.05) is 65.7 Å². The first-order valence-electron chi connectivity index (χ1n) is 8.56. The number of hydrazone groups is 1. The molecule has 27 heavy (non-hydrogen) atoms. The minimum atomic E-state index is 0.571. The Morgan fingerprint density at radius 3 is 2.63 bits per heavy atom. The van der Waals surface area contributed by atoms with Crippen molar-refractivity contribution in [3.63, 3.8) is 0 Å². The molecule has 0 N–H and O–H groups in total. The van der Waals surface area contributed by atoms with Crippen LogP contribution >= 0.6 is 15.9 Å². The van der Waals surface area contributed by atoms with Crippen LogP contribution in [-0.2, 0) is 0 Å². The number of para-hydroxylation sites is 1. The molecular formula is C21H17BrN4O. The maximum Gasteiger partial charge on any atom is 0.150 e. The first-order valence-corrected chi connectivity index (χ1v) is 9.35. The summed E-state index contributed by atoms with van der Waals surface area (Å²) in [4.78, 5) is 17.8. The van der Waals surface area contributed by atoms with E-state index in [9.17, 15) is 4.79 Å². The second kappa shape index (κ2) is 7.72. The zero-order chi connectivity index (χ0) is 18.6. The van der Waals surface area contributed by atoms with E-state index in [0.717, 1.165) is 33.5 Å². The number of carbonyl (C=O) groups excluding carboxylic acids is 1. The molecule has 2 heterocycles. The first-order chi connectivity index (χ1) is 13.2. The number of anilines is 2. The summed E-state index contributed by atoms with van der Waals surface area (Å²) in [5.74, 6) is 0. The van der Waals surface area contributed by atoms with Crippen LogP contribution in [-0.4, -0.2) is 30.2 Å². The van der Waals surface area contributed by atoms with E-state index >= 15 is 0 Å². The second-order valence-electron chi connectivity index (χ2n) is 6.16. The fourth-order valence-corrected chi connectivity index (χ4v) is 3.52. The van der Waals surface area contributed by atoms with Crippen molar-refractivity contribution in [3.05, 3.63) is 88.7 Å². The third-order valence-electron chi connectivity index (χ3n) is 4.35. The number of aromatic nitrogens is 1. The number of aldehydes is 1. The van der Waals surface area contributed by atoms with Gasteiger partial charge in [-0.3, -0.25) is 9.78 Å². The summed E-state index contributed by atoms with van der Waals surface area (Å²) in [6.45, 7) is 1.18. The quantitative estimate of drug-likeness (QED) is 0.588. The van der Waals surface area contributed by atoms with Gasteiger partial charge in [0.1, 0.15) is 18.7 Å². The minimum Gasteiger partial charge on any atom is -0.346 e. The van der Waals surface area contributed by atoms with Crippen LogP contribution in [0.3, 0.4) is 0 Å². The van der Waals surface area contributed by atoms with Gasteiger partial charge in [-0.1, -0.05) is 30.3 Å². The zero-order valence-corrected chi connectivity index (χ0v) is 16.1. The average Bonchev–Trinajstić information content (AvgIpc) is 2.74. The Kier molecular flexibility index (Phi) is 4.98. The number of halogens is 1. The number of nitrogens with zero attached hydrogens (tertiary/aromatic N) is 4. The topological polar surface area (TPSA) is 48.8 Å². The molecule has 0 bridgehead atoms. The lowest BCUT2D eigenvalue weighted by Crippen LogP contribution is -2.44. The van der Waals surface area contributed by atoms with E-state index < -0.39 is 0 Å². The Morgan fingerprint density at radius 1 is 1.00 bits per heavy atom. The summed E-state index contributed by atoms with van der Waals surface area (Å²) in [5.41, 5.74) is 4.31. The normalized spacial score (nSPS) is 14.0. The van der Waals surface area contributed by atoms with Crippen molar-refractivity contribution in [3.8, 4) is 0 Å². The molecule has 3 aromatic rings. The number of carbonyl (C=O) groups is 1. The Morgan fingerprint density at radius 2 is 1.85 bits per heavy atom. The molecule has 1 aliphatic rings. The molecule has 0 atom stereocenters. The molecule has 0 saturated carbocycles. The summed E-state index contributed by atoms with van der Waals surface area (Å²) in [7, 11) is 0. The molecule has 4 rings (SSSR count). The van der Waals surface area contributed by atoms with E-state index in [-0.39, 0.29) is 0 Å². The molecule has 134 valence electrons. The largest absolute Gasteiger partial charge is 0.346 e. The third kappa shape index (κ3) is 3.75. The number of rotatable bonds is 4. The van der Waals surface area contributed by atoms with Crippen LogP contribution in [0.2, 0.25) is 0 Å². The summed E-state index contributed by atoms with van der Waals surface area (Å²) < 4.78 is 0.970. The molecule has 0 unspecified atom stereocenters. The molecule has 0 amide bonds. The first kappa shape index (κ1) is 17.4. The van der Waals surface area contributed by atoms with Gasteiger partial charge < -0.3 is 4.90 Å². The fraction of sp³-hybridized carbons (Fsp3) is 0.0952. The zero-order valence-electron chi connectivity index (χ0n) is 14.5. The highest BCUT2D eigenvalue weighted by Gasteiger charge is 2.23. The summed E-state index contributed by atoms with van der Waals surface area (Å²) in [6.07, 6.45) is 2.64. The predicted molar refractivity (Wildman–Crippen MR) is 111 cm³/mol. The van der Waals surface area contributed by atoms with Gasteiger partial charge in [-0.05, 0) is 52.3 Å². The van der Waals surface area contributed by atoms with E-state index in [4.69, 9.17) is 5.10 Å². The van der Waals surface area contributed by atoms with Gasteiger partial charge in [-0.25, -0.2) is 5.01 Å². The van der Waals surface area contributed by atoms with Crippen LogP contribution in [0.5, 0.6) is 0 Å². The average molecular weight is 421 g/mol. The summed E-state index contributed by atoms with van der Waals surface area (Å²) in [5, 5.41) is 6.80. The molecule has 6 heteroatoms. The minimum absolute atomic E-state index is 0.571. The van der Waals surface area contributed by atoms with Crippen molar-refractivity contribution >= 4 is 39.3 Å². The summed E-state index contributed by atoms with van der Waals surface area (Å²) in [6, 6.07) is 21.4. The SMILES string of the molecule is O=Cc1cccc(N2CC(c3ccccn3)=NN(c3ccccc3Br)C2)c1. The van der Waals surface area contributed by atoms with Crippen LogP contribution in [0, 0.1) is 0 Å². The highest BCUT2D eigenvalue weighted by Crippen LogP contribution is 2.29. The van der Waals surface area contributed by atoms with Crippen molar-refractivity contribution < 1.29 is 4.79 Å². The van der Waals surface area contributed by atoms with Crippen molar-refractivity contribution in [1.29, 1.82) is 0 Å². The van der Waals surface area contributed by atoms with Crippen molar-refractivity contribution in [2.75, 3.05) is 23.1 Å². The smallest absolute Gasteiger partial charge is 0.150 e.